The largest absolute Gasteiger partial charge is 0.355 e. The van der Waals surface area contributed by atoms with E-state index in [9.17, 15) is 13.2 Å². The predicted molar refractivity (Wildman–Crippen MR) is 75.8 cm³/mol. The number of nitrogens with one attached hydrogen (secondary N) is 2. The maximum Gasteiger partial charge on any atom is 0.251 e. The average molecular weight is 297 g/mol. The number of benzene rings is 1. The van der Waals surface area contributed by atoms with Crippen LogP contribution in [0.1, 0.15) is 29.6 Å². The zero-order valence-electron chi connectivity index (χ0n) is 11.3. The average Bonchev–Trinajstić information content (AvgIpc) is 2.82. The van der Waals surface area contributed by atoms with Crippen LogP contribution in [0, 0.1) is 0 Å². The second kappa shape index (κ2) is 5.90. The molecule has 1 amide bonds. The third-order valence-corrected chi connectivity index (χ3v) is 4.99. The lowest BCUT2D eigenvalue weighted by Gasteiger charge is -2.13. The lowest BCUT2D eigenvalue weighted by Crippen LogP contribution is -2.34. The van der Waals surface area contributed by atoms with Gasteiger partial charge >= 0.3 is 0 Å². The van der Waals surface area contributed by atoms with Gasteiger partial charge in [0.2, 0.25) is 10.0 Å². The van der Waals surface area contributed by atoms with Crippen molar-refractivity contribution in [1.29, 1.82) is 0 Å². The van der Waals surface area contributed by atoms with Gasteiger partial charge in [-0.25, -0.2) is 13.1 Å². The highest BCUT2D eigenvalue weighted by Gasteiger charge is 2.26. The number of sulfonamides is 1. The van der Waals surface area contributed by atoms with Crippen LogP contribution < -0.4 is 15.8 Å². The number of carbonyl (C=O) groups is 1. The molecule has 0 aliphatic heterocycles. The molecule has 0 unspecified atom stereocenters. The maximum absolute atomic E-state index is 12.2. The quantitative estimate of drug-likeness (QED) is 0.739. The summed E-state index contributed by atoms with van der Waals surface area (Å²) in [5, 5.41) is 2.49. The summed E-state index contributed by atoms with van der Waals surface area (Å²) in [5.41, 5.74) is 6.20. The van der Waals surface area contributed by atoms with Crippen LogP contribution in [0.3, 0.4) is 0 Å². The van der Waals surface area contributed by atoms with Crippen LogP contribution in [0.15, 0.2) is 29.2 Å². The highest BCUT2D eigenvalue weighted by Crippen LogP contribution is 2.20. The molecule has 1 aliphatic rings. The summed E-state index contributed by atoms with van der Waals surface area (Å²) < 4.78 is 27.0. The Balaban J connectivity index is 2.11. The lowest BCUT2D eigenvalue weighted by molar-refractivity contribution is 0.0963. The van der Waals surface area contributed by atoms with Gasteiger partial charge in [0, 0.05) is 24.7 Å². The van der Waals surface area contributed by atoms with E-state index in [2.05, 4.69) is 10.0 Å². The van der Waals surface area contributed by atoms with E-state index in [0.717, 1.165) is 12.8 Å². The van der Waals surface area contributed by atoms with Crippen LogP contribution in [0.25, 0.3) is 0 Å². The Morgan fingerprint density at radius 2 is 1.90 bits per heavy atom. The minimum atomic E-state index is -3.55. The Kier molecular flexibility index (Phi) is 4.42. The number of carbonyl (C=O) groups excluding carboxylic acids is 1. The molecule has 0 bridgehead atoms. The van der Waals surface area contributed by atoms with Gasteiger partial charge < -0.3 is 11.1 Å². The Morgan fingerprint density at radius 3 is 2.40 bits per heavy atom. The number of rotatable bonds is 4. The summed E-state index contributed by atoms with van der Waals surface area (Å²) in [7, 11) is -2.03. The molecule has 1 aromatic carbocycles. The number of hydrogen-bond donors (Lipinski definition) is 3. The third-order valence-electron chi connectivity index (χ3n) is 3.45. The summed E-state index contributed by atoms with van der Waals surface area (Å²) in [6.07, 6.45) is 2.26. The van der Waals surface area contributed by atoms with Crippen LogP contribution in [-0.2, 0) is 10.0 Å². The monoisotopic (exact) mass is 297 g/mol. The fourth-order valence-corrected chi connectivity index (χ4v) is 3.62. The van der Waals surface area contributed by atoms with Crippen molar-refractivity contribution >= 4 is 15.9 Å². The fraction of sp³-hybridized carbons (Fsp3) is 0.462. The molecule has 4 N–H and O–H groups in total. The molecule has 2 rings (SSSR count). The van der Waals surface area contributed by atoms with Crippen molar-refractivity contribution in [2.75, 3.05) is 7.05 Å². The third kappa shape index (κ3) is 3.36. The van der Waals surface area contributed by atoms with Gasteiger partial charge in [-0.1, -0.05) is 0 Å². The first-order valence-corrected chi connectivity index (χ1v) is 8.01. The Bertz CT molecular complexity index is 583. The van der Waals surface area contributed by atoms with Gasteiger partial charge in [-0.2, -0.15) is 0 Å². The van der Waals surface area contributed by atoms with Gasteiger partial charge in [0.1, 0.15) is 0 Å². The molecule has 20 heavy (non-hydrogen) atoms. The van der Waals surface area contributed by atoms with E-state index in [-0.39, 0.29) is 22.9 Å². The molecular weight excluding hydrogens is 278 g/mol. The molecule has 1 aromatic rings. The predicted octanol–water partition coefficient (Wildman–Crippen LogP) is 0.204. The van der Waals surface area contributed by atoms with Crippen LogP contribution in [0.2, 0.25) is 0 Å². The van der Waals surface area contributed by atoms with Crippen LogP contribution in [-0.4, -0.2) is 33.5 Å². The van der Waals surface area contributed by atoms with Crippen molar-refractivity contribution in [2.45, 2.75) is 36.2 Å². The summed E-state index contributed by atoms with van der Waals surface area (Å²) >= 11 is 0. The van der Waals surface area contributed by atoms with E-state index >= 15 is 0 Å². The topological polar surface area (TPSA) is 101 Å². The van der Waals surface area contributed by atoms with E-state index in [1.54, 1.807) is 0 Å². The van der Waals surface area contributed by atoms with Gasteiger partial charge in [-0.15, -0.1) is 0 Å². The number of nitrogens with two attached hydrogens (primary N) is 1. The number of hydrogen-bond acceptors (Lipinski definition) is 4. The molecule has 0 radical (unpaired) electrons. The number of amides is 1. The Hall–Kier alpha value is -1.44. The molecule has 0 saturated heterocycles. The second-order valence-electron chi connectivity index (χ2n) is 4.99. The standard InChI is InChI=1S/C13H19N3O3S/c1-15-13(17)9-2-6-12(7-3-9)20(18,19)16-11-5-4-10(14)8-11/h2-3,6-7,10-11,16H,4-5,8,14H2,1H3,(H,15,17)/t10-,11-/m1/s1. The minimum absolute atomic E-state index is 0.0679. The van der Waals surface area contributed by atoms with Gasteiger partial charge in [-0.3, -0.25) is 4.79 Å². The van der Waals surface area contributed by atoms with Crippen molar-refractivity contribution in [3.05, 3.63) is 29.8 Å². The first kappa shape index (κ1) is 15.0. The van der Waals surface area contributed by atoms with E-state index < -0.39 is 10.0 Å². The molecule has 0 heterocycles. The summed E-state index contributed by atoms with van der Waals surface area (Å²) in [6, 6.07) is 5.82. The fourth-order valence-electron chi connectivity index (χ4n) is 2.34. The molecule has 1 aliphatic carbocycles. The molecule has 2 atom stereocenters. The first-order chi connectivity index (χ1) is 9.42. The second-order valence-corrected chi connectivity index (χ2v) is 6.71. The highest BCUT2D eigenvalue weighted by atomic mass is 32.2. The van der Waals surface area contributed by atoms with Crippen LogP contribution in [0.4, 0.5) is 0 Å². The van der Waals surface area contributed by atoms with E-state index in [4.69, 9.17) is 5.73 Å². The zero-order valence-corrected chi connectivity index (χ0v) is 12.1. The Labute approximate surface area is 118 Å². The normalized spacial score (nSPS) is 22.7. The van der Waals surface area contributed by atoms with Crippen LogP contribution in [0.5, 0.6) is 0 Å². The molecular formula is C13H19N3O3S. The zero-order chi connectivity index (χ0) is 14.8. The molecule has 0 aromatic heterocycles. The highest BCUT2D eigenvalue weighted by molar-refractivity contribution is 7.89. The summed E-state index contributed by atoms with van der Waals surface area (Å²) in [6.45, 7) is 0. The van der Waals surface area contributed by atoms with Crippen molar-refractivity contribution in [2.24, 2.45) is 5.73 Å². The molecule has 7 heteroatoms. The van der Waals surface area contributed by atoms with Gasteiger partial charge in [0.25, 0.3) is 5.91 Å². The van der Waals surface area contributed by atoms with E-state index in [1.165, 1.54) is 31.3 Å². The smallest absolute Gasteiger partial charge is 0.251 e. The molecule has 0 spiro atoms. The van der Waals surface area contributed by atoms with Gasteiger partial charge in [0.05, 0.1) is 4.90 Å². The van der Waals surface area contributed by atoms with Gasteiger partial charge in [-0.05, 0) is 43.5 Å². The van der Waals surface area contributed by atoms with E-state index in [0.29, 0.717) is 12.0 Å². The molecule has 6 nitrogen and oxygen atoms in total. The van der Waals surface area contributed by atoms with Crippen molar-refractivity contribution in [1.82, 2.24) is 10.0 Å². The van der Waals surface area contributed by atoms with E-state index in [1.807, 2.05) is 0 Å². The lowest BCUT2D eigenvalue weighted by atomic mass is 10.2. The maximum atomic E-state index is 12.2. The summed E-state index contributed by atoms with van der Waals surface area (Å²) in [4.78, 5) is 11.6. The van der Waals surface area contributed by atoms with Crippen molar-refractivity contribution in [3.63, 3.8) is 0 Å². The van der Waals surface area contributed by atoms with Crippen molar-refractivity contribution in [3.8, 4) is 0 Å². The summed E-state index contributed by atoms with van der Waals surface area (Å²) in [5.74, 6) is -0.247. The first-order valence-electron chi connectivity index (χ1n) is 6.52. The molecule has 110 valence electrons. The Morgan fingerprint density at radius 1 is 1.25 bits per heavy atom. The molecule has 1 saturated carbocycles. The van der Waals surface area contributed by atoms with Gasteiger partial charge in [0.15, 0.2) is 0 Å². The van der Waals surface area contributed by atoms with Crippen molar-refractivity contribution < 1.29 is 13.2 Å². The SMILES string of the molecule is CNC(=O)c1ccc(S(=O)(=O)N[C@@H]2CC[C@@H](N)C2)cc1. The molecule has 1 fully saturated rings. The van der Waals surface area contributed by atoms with Crippen LogP contribution >= 0.6 is 0 Å². The minimum Gasteiger partial charge on any atom is -0.355 e.